The molecule has 1 amide bonds. The molecule has 1 aliphatic heterocycles. The summed E-state index contributed by atoms with van der Waals surface area (Å²) in [5.41, 5.74) is 0.296. The van der Waals surface area contributed by atoms with Crippen LogP contribution in [0.4, 0.5) is 14.9 Å². The molecule has 6 heteroatoms. The smallest absolute Gasteiger partial charge is 0.410 e. The number of pyridine rings is 1. The molecule has 1 atom stereocenters. The van der Waals surface area contributed by atoms with Crippen LogP contribution in [0.3, 0.4) is 0 Å². The number of anilines is 1. The maximum atomic E-state index is 13.2. The summed E-state index contributed by atoms with van der Waals surface area (Å²) in [7, 11) is 0. The molecule has 5 nitrogen and oxygen atoms in total. The summed E-state index contributed by atoms with van der Waals surface area (Å²) in [5.74, 6) is -0.491. The number of nitrogens with zero attached hydrogens (tertiary/aromatic N) is 3. The van der Waals surface area contributed by atoms with E-state index in [1.807, 2.05) is 27.7 Å². The van der Waals surface area contributed by atoms with E-state index < -0.39 is 11.5 Å². The second-order valence-corrected chi connectivity index (χ2v) is 6.31. The number of carbonyl (C=O) groups excluding carboxylic acids is 1. The first kappa shape index (κ1) is 15.5. The van der Waals surface area contributed by atoms with Crippen molar-refractivity contribution >= 4 is 11.8 Å². The third kappa shape index (κ3) is 4.06. The van der Waals surface area contributed by atoms with Gasteiger partial charge in [-0.2, -0.15) is 4.39 Å². The largest absolute Gasteiger partial charge is 0.444 e. The highest BCUT2D eigenvalue weighted by atomic mass is 19.1. The Morgan fingerprint density at radius 2 is 2.14 bits per heavy atom. The van der Waals surface area contributed by atoms with Gasteiger partial charge in [0.1, 0.15) is 5.60 Å². The summed E-state index contributed by atoms with van der Waals surface area (Å²) in [6.07, 6.45) is 1.16. The first-order valence-electron chi connectivity index (χ1n) is 7.12. The van der Waals surface area contributed by atoms with Crippen LogP contribution >= 0.6 is 0 Å². The lowest BCUT2D eigenvalue weighted by atomic mass is 10.1. The topological polar surface area (TPSA) is 45.7 Å². The average Bonchev–Trinajstić information content (AvgIpc) is 2.36. The maximum absolute atomic E-state index is 13.2. The van der Waals surface area contributed by atoms with Gasteiger partial charge in [0.05, 0.1) is 0 Å². The van der Waals surface area contributed by atoms with Crippen LogP contribution in [-0.4, -0.2) is 47.3 Å². The maximum Gasteiger partial charge on any atom is 0.410 e. The third-order valence-electron chi connectivity index (χ3n) is 3.32. The highest BCUT2D eigenvalue weighted by molar-refractivity contribution is 5.68. The number of hydrogen-bond donors (Lipinski definition) is 0. The average molecular weight is 295 g/mol. The quantitative estimate of drug-likeness (QED) is 0.747. The fraction of sp³-hybridized carbons (Fsp3) is 0.600. The van der Waals surface area contributed by atoms with Crippen molar-refractivity contribution in [2.45, 2.75) is 39.3 Å². The van der Waals surface area contributed by atoms with Crippen LogP contribution in [0.5, 0.6) is 0 Å². The van der Waals surface area contributed by atoms with Gasteiger partial charge in [-0.3, -0.25) is 0 Å². The van der Waals surface area contributed by atoms with Crippen LogP contribution in [0, 0.1) is 5.95 Å². The predicted molar refractivity (Wildman–Crippen MR) is 78.8 cm³/mol. The lowest BCUT2D eigenvalue weighted by molar-refractivity contribution is 0.0218. The molecule has 0 radical (unpaired) electrons. The van der Waals surface area contributed by atoms with E-state index in [2.05, 4.69) is 9.88 Å². The summed E-state index contributed by atoms with van der Waals surface area (Å²) >= 11 is 0. The van der Waals surface area contributed by atoms with E-state index in [1.54, 1.807) is 11.0 Å². The molecule has 1 saturated heterocycles. The van der Waals surface area contributed by atoms with E-state index in [4.69, 9.17) is 4.74 Å². The van der Waals surface area contributed by atoms with Gasteiger partial charge in [0.25, 0.3) is 0 Å². The molecule has 0 unspecified atom stereocenters. The van der Waals surface area contributed by atoms with Gasteiger partial charge >= 0.3 is 6.09 Å². The van der Waals surface area contributed by atoms with Crippen LogP contribution in [0.15, 0.2) is 18.3 Å². The van der Waals surface area contributed by atoms with E-state index in [-0.39, 0.29) is 12.1 Å². The first-order valence-corrected chi connectivity index (χ1v) is 7.12. The Bertz CT molecular complexity index is 516. The van der Waals surface area contributed by atoms with Crippen molar-refractivity contribution in [1.29, 1.82) is 0 Å². The Kier molecular flexibility index (Phi) is 4.34. The molecule has 1 aromatic heterocycles. The number of halogens is 1. The summed E-state index contributed by atoms with van der Waals surface area (Å²) in [5, 5.41) is 0. The van der Waals surface area contributed by atoms with Crippen molar-refractivity contribution in [3.8, 4) is 0 Å². The third-order valence-corrected chi connectivity index (χ3v) is 3.32. The SMILES string of the molecule is C[C@H]1CN(C(=O)OC(C)(C)C)CCN1c1ccnc(F)c1. The van der Waals surface area contributed by atoms with Crippen LogP contribution < -0.4 is 4.90 Å². The highest BCUT2D eigenvalue weighted by Gasteiger charge is 2.29. The van der Waals surface area contributed by atoms with E-state index in [9.17, 15) is 9.18 Å². The number of ether oxygens (including phenoxy) is 1. The normalized spacial score (nSPS) is 19.6. The highest BCUT2D eigenvalue weighted by Crippen LogP contribution is 2.21. The van der Waals surface area contributed by atoms with Crippen molar-refractivity contribution < 1.29 is 13.9 Å². The van der Waals surface area contributed by atoms with Crippen molar-refractivity contribution in [2.24, 2.45) is 0 Å². The molecule has 1 aliphatic rings. The van der Waals surface area contributed by atoms with Gasteiger partial charge in [-0.25, -0.2) is 9.78 Å². The molecule has 0 spiro atoms. The molecule has 116 valence electrons. The van der Waals surface area contributed by atoms with Gasteiger partial charge in [0.15, 0.2) is 0 Å². The molecular formula is C15H22FN3O2. The molecule has 1 aromatic rings. The molecule has 0 aromatic carbocycles. The van der Waals surface area contributed by atoms with E-state index in [0.717, 1.165) is 5.69 Å². The lowest BCUT2D eigenvalue weighted by Gasteiger charge is -2.41. The standard InChI is InChI=1S/C15H22FN3O2/c1-11-10-18(14(20)21-15(2,3)4)7-8-19(11)12-5-6-17-13(16)9-12/h5-6,9,11H,7-8,10H2,1-4H3/t11-/m0/s1. The number of aromatic nitrogens is 1. The summed E-state index contributed by atoms with van der Waals surface area (Å²) in [6, 6.07) is 3.29. The zero-order valence-electron chi connectivity index (χ0n) is 13.0. The zero-order chi connectivity index (χ0) is 15.6. The summed E-state index contributed by atoms with van der Waals surface area (Å²) in [6.45, 7) is 9.32. The lowest BCUT2D eigenvalue weighted by Crippen LogP contribution is -2.54. The summed E-state index contributed by atoms with van der Waals surface area (Å²) in [4.78, 5) is 19.4. The second kappa shape index (κ2) is 5.87. The molecule has 1 fully saturated rings. The fourth-order valence-electron chi connectivity index (χ4n) is 2.40. The number of carbonyl (C=O) groups is 1. The van der Waals surface area contributed by atoms with Gasteiger partial charge in [-0.05, 0) is 33.8 Å². The second-order valence-electron chi connectivity index (χ2n) is 6.31. The Labute approximate surface area is 124 Å². The van der Waals surface area contributed by atoms with Crippen LogP contribution in [-0.2, 0) is 4.74 Å². The van der Waals surface area contributed by atoms with Crippen molar-refractivity contribution in [3.05, 3.63) is 24.3 Å². The minimum atomic E-state index is -0.494. The molecule has 2 rings (SSSR count). The minimum absolute atomic E-state index is 0.0908. The number of piperazine rings is 1. The molecule has 0 N–H and O–H groups in total. The van der Waals surface area contributed by atoms with Gasteiger partial charge < -0.3 is 14.5 Å². The van der Waals surface area contributed by atoms with Crippen LogP contribution in [0.2, 0.25) is 0 Å². The Hall–Kier alpha value is -1.85. The number of amides is 1. The first-order chi connectivity index (χ1) is 9.76. The van der Waals surface area contributed by atoms with E-state index >= 15 is 0 Å². The van der Waals surface area contributed by atoms with Crippen molar-refractivity contribution in [3.63, 3.8) is 0 Å². The van der Waals surface area contributed by atoms with Crippen molar-refractivity contribution in [1.82, 2.24) is 9.88 Å². The molecule has 0 bridgehead atoms. The Morgan fingerprint density at radius 1 is 1.43 bits per heavy atom. The van der Waals surface area contributed by atoms with Crippen LogP contribution in [0.25, 0.3) is 0 Å². The Morgan fingerprint density at radius 3 is 2.71 bits per heavy atom. The van der Waals surface area contributed by atoms with E-state index in [0.29, 0.717) is 19.6 Å². The van der Waals surface area contributed by atoms with Gasteiger partial charge in [0.2, 0.25) is 5.95 Å². The number of rotatable bonds is 1. The van der Waals surface area contributed by atoms with E-state index in [1.165, 1.54) is 12.3 Å². The fourth-order valence-corrected chi connectivity index (χ4v) is 2.40. The zero-order valence-corrected chi connectivity index (χ0v) is 13.0. The Balaban J connectivity index is 2.01. The van der Waals surface area contributed by atoms with Gasteiger partial charge in [0, 0.05) is 43.6 Å². The molecule has 2 heterocycles. The number of hydrogen-bond acceptors (Lipinski definition) is 4. The molecule has 21 heavy (non-hydrogen) atoms. The van der Waals surface area contributed by atoms with Gasteiger partial charge in [-0.15, -0.1) is 0 Å². The minimum Gasteiger partial charge on any atom is -0.444 e. The molecule has 0 saturated carbocycles. The summed E-state index contributed by atoms with van der Waals surface area (Å²) < 4.78 is 18.6. The van der Waals surface area contributed by atoms with Gasteiger partial charge in [-0.1, -0.05) is 0 Å². The molecule has 0 aliphatic carbocycles. The molecular weight excluding hydrogens is 273 g/mol. The monoisotopic (exact) mass is 295 g/mol. The van der Waals surface area contributed by atoms with Crippen LogP contribution in [0.1, 0.15) is 27.7 Å². The predicted octanol–water partition coefficient (Wildman–Crippen LogP) is 2.67. The van der Waals surface area contributed by atoms with Crippen molar-refractivity contribution in [2.75, 3.05) is 24.5 Å².